The third-order valence-corrected chi connectivity index (χ3v) is 2.84. The van der Waals surface area contributed by atoms with Crippen LogP contribution in [0.25, 0.3) is 10.9 Å². The van der Waals surface area contributed by atoms with Crippen molar-refractivity contribution in [1.29, 1.82) is 0 Å². The summed E-state index contributed by atoms with van der Waals surface area (Å²) < 4.78 is 1.95. The first-order valence-electron chi connectivity index (χ1n) is 4.25. The Kier molecular flexibility index (Phi) is 2.40. The summed E-state index contributed by atoms with van der Waals surface area (Å²) in [5, 5.41) is 0.498. The summed E-state index contributed by atoms with van der Waals surface area (Å²) in [6, 6.07) is 5.23. The Balaban J connectivity index is 3.04. The molecule has 15 heavy (non-hydrogen) atoms. The van der Waals surface area contributed by atoms with Crippen molar-refractivity contribution in [3.63, 3.8) is 0 Å². The van der Waals surface area contributed by atoms with E-state index in [1.165, 1.54) is 11.6 Å². The molecule has 0 unspecified atom stereocenters. The summed E-state index contributed by atoms with van der Waals surface area (Å²) in [4.78, 5) is 26.6. The number of benzene rings is 1. The summed E-state index contributed by atoms with van der Waals surface area (Å²) in [6.07, 6.45) is 0.570. The lowest BCUT2D eigenvalue weighted by atomic mass is 10.2. The van der Waals surface area contributed by atoms with Crippen LogP contribution in [0.3, 0.4) is 0 Å². The number of carbonyl (C=O) groups is 1. The Morgan fingerprint density at radius 3 is 2.87 bits per heavy atom. The van der Waals surface area contributed by atoms with Crippen LogP contribution in [-0.4, -0.2) is 15.8 Å². The van der Waals surface area contributed by atoms with Gasteiger partial charge >= 0.3 is 0 Å². The van der Waals surface area contributed by atoms with Gasteiger partial charge in [0.25, 0.3) is 5.56 Å². The standard InChI is InChI=1S/C10H7BrN2O2/c1-13-8(5-14)12-9-6(10(13)15)3-2-4-7(9)11/h2-5H,1H3. The van der Waals surface area contributed by atoms with Crippen molar-refractivity contribution < 1.29 is 4.79 Å². The van der Waals surface area contributed by atoms with Crippen molar-refractivity contribution in [2.24, 2.45) is 7.05 Å². The summed E-state index contributed by atoms with van der Waals surface area (Å²) >= 11 is 3.29. The van der Waals surface area contributed by atoms with Gasteiger partial charge in [0.15, 0.2) is 12.1 Å². The van der Waals surface area contributed by atoms with Crippen LogP contribution in [0.15, 0.2) is 27.5 Å². The molecule has 1 aromatic heterocycles. The average molecular weight is 267 g/mol. The number of hydrogen-bond donors (Lipinski definition) is 0. The molecule has 0 spiro atoms. The molecular weight excluding hydrogens is 260 g/mol. The Morgan fingerprint density at radius 2 is 2.20 bits per heavy atom. The zero-order valence-corrected chi connectivity index (χ0v) is 9.48. The molecule has 0 radical (unpaired) electrons. The molecule has 0 aliphatic heterocycles. The monoisotopic (exact) mass is 266 g/mol. The third-order valence-electron chi connectivity index (χ3n) is 2.20. The van der Waals surface area contributed by atoms with Gasteiger partial charge in [-0.3, -0.25) is 14.2 Å². The topological polar surface area (TPSA) is 52.0 Å². The number of rotatable bonds is 1. The fourth-order valence-corrected chi connectivity index (χ4v) is 1.84. The molecule has 0 aliphatic carbocycles. The summed E-state index contributed by atoms with van der Waals surface area (Å²) in [6.45, 7) is 0. The molecular formula is C10H7BrN2O2. The Hall–Kier alpha value is -1.49. The second kappa shape index (κ2) is 3.58. The molecule has 0 fully saturated rings. The lowest BCUT2D eigenvalue weighted by Crippen LogP contribution is -2.22. The zero-order valence-electron chi connectivity index (χ0n) is 7.90. The van der Waals surface area contributed by atoms with Crippen LogP contribution in [-0.2, 0) is 7.05 Å². The minimum absolute atomic E-state index is 0.124. The van der Waals surface area contributed by atoms with E-state index in [4.69, 9.17) is 0 Å². The normalized spacial score (nSPS) is 10.5. The van der Waals surface area contributed by atoms with Crippen LogP contribution < -0.4 is 5.56 Å². The largest absolute Gasteiger partial charge is 0.294 e. The number of aldehydes is 1. The van der Waals surface area contributed by atoms with Crippen molar-refractivity contribution in [1.82, 2.24) is 9.55 Å². The lowest BCUT2D eigenvalue weighted by molar-refractivity contribution is 0.111. The number of halogens is 1. The number of aromatic nitrogens is 2. The Labute approximate surface area is 93.7 Å². The molecule has 5 heteroatoms. The second-order valence-corrected chi connectivity index (χ2v) is 3.94. The molecule has 2 aromatic rings. The maximum absolute atomic E-state index is 11.8. The lowest BCUT2D eigenvalue weighted by Gasteiger charge is -2.04. The van der Waals surface area contributed by atoms with E-state index >= 15 is 0 Å². The second-order valence-electron chi connectivity index (χ2n) is 3.09. The zero-order chi connectivity index (χ0) is 11.0. The van der Waals surface area contributed by atoms with Gasteiger partial charge in [-0.2, -0.15) is 0 Å². The molecule has 0 saturated heterocycles. The highest BCUT2D eigenvalue weighted by Gasteiger charge is 2.08. The SMILES string of the molecule is Cn1c(C=O)nc2c(Br)cccc2c1=O. The Morgan fingerprint density at radius 1 is 1.47 bits per heavy atom. The van der Waals surface area contributed by atoms with Crippen LogP contribution in [0, 0.1) is 0 Å². The van der Waals surface area contributed by atoms with E-state index in [-0.39, 0.29) is 11.4 Å². The first-order chi connectivity index (χ1) is 7.15. The molecule has 1 aromatic carbocycles. The van der Waals surface area contributed by atoms with Crippen molar-refractivity contribution in [2.75, 3.05) is 0 Å². The van der Waals surface area contributed by atoms with Crippen molar-refractivity contribution >= 4 is 33.1 Å². The van der Waals surface area contributed by atoms with Gasteiger partial charge in [-0.1, -0.05) is 6.07 Å². The predicted molar refractivity (Wildman–Crippen MR) is 60.1 cm³/mol. The van der Waals surface area contributed by atoms with Crippen molar-refractivity contribution in [2.45, 2.75) is 0 Å². The van der Waals surface area contributed by atoms with Gasteiger partial charge in [0.2, 0.25) is 0 Å². The molecule has 1 heterocycles. The number of nitrogens with zero attached hydrogens (tertiary/aromatic N) is 2. The fraction of sp³-hybridized carbons (Fsp3) is 0.100. The molecule has 0 bridgehead atoms. The van der Waals surface area contributed by atoms with E-state index in [1.54, 1.807) is 18.2 Å². The van der Waals surface area contributed by atoms with Gasteiger partial charge in [0.1, 0.15) is 0 Å². The van der Waals surface area contributed by atoms with E-state index in [2.05, 4.69) is 20.9 Å². The van der Waals surface area contributed by atoms with Crippen LogP contribution >= 0.6 is 15.9 Å². The molecule has 0 aliphatic rings. The number of fused-ring (bicyclic) bond motifs is 1. The number of para-hydroxylation sites is 1. The van der Waals surface area contributed by atoms with Gasteiger partial charge < -0.3 is 0 Å². The molecule has 0 N–H and O–H groups in total. The van der Waals surface area contributed by atoms with E-state index < -0.39 is 0 Å². The van der Waals surface area contributed by atoms with Crippen molar-refractivity contribution in [3.8, 4) is 0 Å². The molecule has 4 nitrogen and oxygen atoms in total. The van der Waals surface area contributed by atoms with Gasteiger partial charge in [-0.25, -0.2) is 4.98 Å². The maximum Gasteiger partial charge on any atom is 0.261 e. The van der Waals surface area contributed by atoms with Gasteiger partial charge in [0.05, 0.1) is 10.9 Å². The quantitative estimate of drug-likeness (QED) is 0.736. The van der Waals surface area contributed by atoms with Crippen LogP contribution in [0.5, 0.6) is 0 Å². The van der Waals surface area contributed by atoms with Crippen LogP contribution in [0.2, 0.25) is 0 Å². The highest BCUT2D eigenvalue weighted by atomic mass is 79.9. The first kappa shape index (κ1) is 10.0. The summed E-state index contributed by atoms with van der Waals surface area (Å²) in [5.74, 6) is 0.124. The molecule has 0 atom stereocenters. The smallest absolute Gasteiger partial charge is 0.261 e. The number of hydrogen-bond acceptors (Lipinski definition) is 3. The summed E-state index contributed by atoms with van der Waals surface area (Å²) in [7, 11) is 1.53. The predicted octanol–water partition coefficient (Wildman–Crippen LogP) is 1.51. The highest BCUT2D eigenvalue weighted by molar-refractivity contribution is 9.10. The average Bonchev–Trinajstić information content (AvgIpc) is 2.24. The Bertz CT molecular complexity index is 604. The molecule has 0 amide bonds. The van der Waals surface area contributed by atoms with Crippen LogP contribution in [0.4, 0.5) is 0 Å². The van der Waals surface area contributed by atoms with E-state index in [9.17, 15) is 9.59 Å². The van der Waals surface area contributed by atoms with Gasteiger partial charge in [-0.05, 0) is 28.1 Å². The molecule has 76 valence electrons. The number of carbonyl (C=O) groups excluding carboxylic acids is 1. The van der Waals surface area contributed by atoms with E-state index in [1.807, 2.05) is 0 Å². The molecule has 0 saturated carbocycles. The summed E-state index contributed by atoms with van der Waals surface area (Å²) in [5.41, 5.74) is 0.297. The van der Waals surface area contributed by atoms with E-state index in [0.29, 0.717) is 21.7 Å². The van der Waals surface area contributed by atoms with Gasteiger partial charge in [0, 0.05) is 11.5 Å². The van der Waals surface area contributed by atoms with Crippen LogP contribution in [0.1, 0.15) is 10.6 Å². The third kappa shape index (κ3) is 1.48. The van der Waals surface area contributed by atoms with E-state index in [0.717, 1.165) is 0 Å². The minimum atomic E-state index is -0.219. The maximum atomic E-state index is 11.8. The molecule has 2 rings (SSSR count). The fourth-order valence-electron chi connectivity index (χ4n) is 1.38. The minimum Gasteiger partial charge on any atom is -0.294 e. The highest BCUT2D eigenvalue weighted by Crippen LogP contribution is 2.19. The first-order valence-corrected chi connectivity index (χ1v) is 5.05. The van der Waals surface area contributed by atoms with Gasteiger partial charge in [-0.15, -0.1) is 0 Å². The van der Waals surface area contributed by atoms with Crippen molar-refractivity contribution in [3.05, 3.63) is 38.9 Å².